The average Bonchev–Trinajstić information content (AvgIpc) is 2.67. The quantitative estimate of drug-likeness (QED) is 0.474. The van der Waals surface area contributed by atoms with Crippen molar-refractivity contribution in [1.29, 1.82) is 0 Å². The number of nitrogens with one attached hydrogen (secondary N) is 2. The Hall–Kier alpha value is -2.15. The molecule has 136 valence electrons. The number of morpholine rings is 1. The molecule has 26 heavy (non-hydrogen) atoms. The summed E-state index contributed by atoms with van der Waals surface area (Å²) in [5.74, 6) is 0. The predicted molar refractivity (Wildman–Crippen MR) is 113 cm³/mol. The van der Waals surface area contributed by atoms with Crippen LogP contribution in [0.15, 0.2) is 47.6 Å². The third-order valence-electron chi connectivity index (χ3n) is 4.16. The lowest BCUT2D eigenvalue weighted by molar-refractivity contribution is 0.122. The Morgan fingerprint density at radius 1 is 1.19 bits per heavy atom. The number of hydrogen-bond acceptors (Lipinski definition) is 4. The number of rotatable bonds is 4. The van der Waals surface area contributed by atoms with Crippen molar-refractivity contribution in [2.75, 3.05) is 36.5 Å². The molecule has 2 aromatic rings. The molecule has 1 aliphatic heterocycles. The zero-order chi connectivity index (χ0) is 18.4. The zero-order valence-corrected chi connectivity index (χ0v) is 16.1. The molecular weight excluding hydrogens is 368 g/mol. The summed E-state index contributed by atoms with van der Waals surface area (Å²) in [4.78, 5) is 2.31. The second-order valence-corrected chi connectivity index (χ2v) is 6.74. The highest BCUT2D eigenvalue weighted by Gasteiger charge is 2.10. The Morgan fingerprint density at radius 3 is 2.65 bits per heavy atom. The molecule has 3 rings (SSSR count). The lowest BCUT2D eigenvalue weighted by atomic mass is 10.2. The summed E-state index contributed by atoms with van der Waals surface area (Å²) in [5, 5.41) is 8.39. The van der Waals surface area contributed by atoms with Crippen molar-refractivity contribution in [2.45, 2.75) is 6.92 Å². The number of halogens is 1. The Kier molecular flexibility index (Phi) is 6.44. The van der Waals surface area contributed by atoms with E-state index >= 15 is 0 Å². The van der Waals surface area contributed by atoms with E-state index in [9.17, 15) is 0 Å². The molecule has 0 spiro atoms. The van der Waals surface area contributed by atoms with Crippen molar-refractivity contribution in [2.24, 2.45) is 5.10 Å². The fraction of sp³-hybridized carbons (Fsp3) is 0.263. The third-order valence-corrected chi connectivity index (χ3v) is 4.77. The van der Waals surface area contributed by atoms with Gasteiger partial charge in [-0.3, -0.25) is 5.43 Å². The van der Waals surface area contributed by atoms with E-state index in [0.29, 0.717) is 10.1 Å². The molecule has 2 N–H and O–H groups in total. The van der Waals surface area contributed by atoms with E-state index < -0.39 is 0 Å². The zero-order valence-electron chi connectivity index (χ0n) is 14.5. The van der Waals surface area contributed by atoms with Gasteiger partial charge in [-0.25, -0.2) is 0 Å². The second kappa shape index (κ2) is 8.98. The Balaban J connectivity index is 1.53. The third kappa shape index (κ3) is 4.94. The smallest absolute Gasteiger partial charge is 0.191 e. The highest BCUT2D eigenvalue weighted by atomic mass is 35.5. The first-order valence-electron chi connectivity index (χ1n) is 8.41. The van der Waals surface area contributed by atoms with E-state index in [4.69, 9.17) is 28.6 Å². The summed E-state index contributed by atoms with van der Waals surface area (Å²) in [6, 6.07) is 13.9. The normalized spacial score (nSPS) is 14.5. The molecular formula is C19H21ClN4OS. The van der Waals surface area contributed by atoms with Gasteiger partial charge in [0.15, 0.2) is 5.11 Å². The highest BCUT2D eigenvalue weighted by molar-refractivity contribution is 7.80. The molecule has 7 heteroatoms. The van der Waals surface area contributed by atoms with Crippen LogP contribution in [0.2, 0.25) is 5.02 Å². The number of ether oxygens (including phenoxy) is 1. The van der Waals surface area contributed by atoms with Crippen molar-refractivity contribution in [3.8, 4) is 0 Å². The van der Waals surface area contributed by atoms with Crippen LogP contribution in [0.3, 0.4) is 0 Å². The molecule has 0 unspecified atom stereocenters. The maximum absolute atomic E-state index is 6.11. The molecule has 0 saturated carbocycles. The van der Waals surface area contributed by atoms with Crippen LogP contribution in [0.4, 0.5) is 11.4 Å². The summed E-state index contributed by atoms with van der Waals surface area (Å²) in [6.07, 6.45) is 1.74. The highest BCUT2D eigenvalue weighted by Crippen LogP contribution is 2.22. The molecule has 1 heterocycles. The van der Waals surface area contributed by atoms with Gasteiger partial charge in [0.05, 0.1) is 19.4 Å². The molecule has 1 fully saturated rings. The van der Waals surface area contributed by atoms with E-state index in [1.807, 2.05) is 37.3 Å². The summed E-state index contributed by atoms with van der Waals surface area (Å²) < 4.78 is 5.38. The maximum atomic E-state index is 6.11. The number of anilines is 2. The Morgan fingerprint density at radius 2 is 1.92 bits per heavy atom. The van der Waals surface area contributed by atoms with Crippen LogP contribution in [0.5, 0.6) is 0 Å². The van der Waals surface area contributed by atoms with Crippen LogP contribution in [0, 0.1) is 6.92 Å². The fourth-order valence-corrected chi connectivity index (χ4v) is 2.99. The Bertz CT molecular complexity index is 789. The minimum absolute atomic E-state index is 0.413. The first-order valence-corrected chi connectivity index (χ1v) is 9.20. The lowest BCUT2D eigenvalue weighted by Crippen LogP contribution is -2.36. The van der Waals surface area contributed by atoms with Gasteiger partial charge >= 0.3 is 0 Å². The molecule has 5 nitrogen and oxygen atoms in total. The van der Waals surface area contributed by atoms with E-state index in [1.54, 1.807) is 6.21 Å². The van der Waals surface area contributed by atoms with Gasteiger partial charge in [0.25, 0.3) is 0 Å². The van der Waals surface area contributed by atoms with Crippen LogP contribution in [-0.4, -0.2) is 37.6 Å². The lowest BCUT2D eigenvalue weighted by Gasteiger charge is -2.28. The molecule has 0 radical (unpaired) electrons. The second-order valence-electron chi connectivity index (χ2n) is 5.93. The van der Waals surface area contributed by atoms with E-state index in [0.717, 1.165) is 43.1 Å². The van der Waals surface area contributed by atoms with Gasteiger partial charge in [0, 0.05) is 29.5 Å². The largest absolute Gasteiger partial charge is 0.378 e. The van der Waals surface area contributed by atoms with Crippen LogP contribution in [0.25, 0.3) is 0 Å². The molecule has 0 atom stereocenters. The SMILES string of the molecule is Cc1c(Cl)cccc1NC(=S)N/N=C\c1ccc(N2CCOCC2)cc1. The van der Waals surface area contributed by atoms with Gasteiger partial charge in [-0.2, -0.15) is 5.10 Å². The van der Waals surface area contributed by atoms with E-state index in [-0.39, 0.29) is 0 Å². The molecule has 0 bridgehead atoms. The maximum Gasteiger partial charge on any atom is 0.191 e. The standard InChI is InChI=1S/C19H21ClN4OS/c1-14-17(20)3-2-4-18(14)22-19(26)23-21-13-15-5-7-16(8-6-15)24-9-11-25-12-10-24/h2-8,13H,9-12H2,1H3,(H2,22,23,26)/b21-13-. The van der Waals surface area contributed by atoms with Gasteiger partial charge in [0.1, 0.15) is 0 Å². The average molecular weight is 389 g/mol. The Labute approximate surface area is 164 Å². The van der Waals surface area contributed by atoms with Crippen molar-refractivity contribution < 1.29 is 4.74 Å². The van der Waals surface area contributed by atoms with Gasteiger partial charge < -0.3 is 15.0 Å². The summed E-state index contributed by atoms with van der Waals surface area (Å²) in [7, 11) is 0. The van der Waals surface area contributed by atoms with Crippen molar-refractivity contribution in [1.82, 2.24) is 5.43 Å². The fourth-order valence-electron chi connectivity index (χ4n) is 2.65. The van der Waals surface area contributed by atoms with Gasteiger partial charge in [-0.05, 0) is 54.5 Å². The molecule has 0 aromatic heterocycles. The van der Waals surface area contributed by atoms with E-state index in [1.165, 1.54) is 5.69 Å². The summed E-state index contributed by atoms with van der Waals surface area (Å²) >= 11 is 11.4. The van der Waals surface area contributed by atoms with Gasteiger partial charge in [-0.15, -0.1) is 0 Å². The molecule has 0 amide bonds. The monoisotopic (exact) mass is 388 g/mol. The van der Waals surface area contributed by atoms with Gasteiger partial charge in [-0.1, -0.05) is 29.8 Å². The topological polar surface area (TPSA) is 48.9 Å². The first kappa shape index (κ1) is 18.6. The van der Waals surface area contributed by atoms with Crippen LogP contribution in [-0.2, 0) is 4.74 Å². The van der Waals surface area contributed by atoms with Crippen molar-refractivity contribution in [3.05, 3.63) is 58.6 Å². The minimum atomic E-state index is 0.413. The minimum Gasteiger partial charge on any atom is -0.378 e. The number of hydrogen-bond donors (Lipinski definition) is 2. The number of benzene rings is 2. The van der Waals surface area contributed by atoms with Crippen molar-refractivity contribution in [3.63, 3.8) is 0 Å². The molecule has 1 saturated heterocycles. The van der Waals surface area contributed by atoms with Gasteiger partial charge in [0.2, 0.25) is 0 Å². The number of hydrazone groups is 1. The summed E-state index contributed by atoms with van der Waals surface area (Å²) in [5.41, 5.74) is 6.83. The summed E-state index contributed by atoms with van der Waals surface area (Å²) in [6.45, 7) is 5.36. The van der Waals surface area contributed by atoms with Crippen LogP contribution < -0.4 is 15.6 Å². The molecule has 0 aliphatic carbocycles. The molecule has 2 aromatic carbocycles. The predicted octanol–water partition coefficient (Wildman–Crippen LogP) is 3.81. The number of nitrogens with zero attached hydrogens (tertiary/aromatic N) is 2. The molecule has 1 aliphatic rings. The number of thiocarbonyl (C=S) groups is 1. The van der Waals surface area contributed by atoms with Crippen molar-refractivity contribution >= 4 is 46.5 Å². The van der Waals surface area contributed by atoms with Crippen LogP contribution >= 0.6 is 23.8 Å². The van der Waals surface area contributed by atoms with Crippen LogP contribution in [0.1, 0.15) is 11.1 Å². The first-order chi connectivity index (χ1) is 12.6. The van der Waals surface area contributed by atoms with E-state index in [2.05, 4.69) is 32.9 Å².